The van der Waals surface area contributed by atoms with Gasteiger partial charge in [0.1, 0.15) is 24.0 Å². The Morgan fingerprint density at radius 2 is 1.90 bits per heavy atom. The van der Waals surface area contributed by atoms with Crippen molar-refractivity contribution in [3.63, 3.8) is 0 Å². The van der Waals surface area contributed by atoms with Gasteiger partial charge in [-0.1, -0.05) is 18.2 Å². The zero-order chi connectivity index (χ0) is 20.4. The van der Waals surface area contributed by atoms with Gasteiger partial charge in [-0.05, 0) is 42.8 Å². The van der Waals surface area contributed by atoms with Crippen molar-refractivity contribution in [1.29, 1.82) is 0 Å². The van der Waals surface area contributed by atoms with Crippen molar-refractivity contribution in [2.24, 2.45) is 0 Å². The van der Waals surface area contributed by atoms with E-state index in [1.165, 1.54) is 17.1 Å². The molecule has 2 aromatic carbocycles. The van der Waals surface area contributed by atoms with Gasteiger partial charge in [0.25, 0.3) is 5.56 Å². The Labute approximate surface area is 166 Å². The molecular formula is C21H19N5O3. The van der Waals surface area contributed by atoms with Crippen LogP contribution in [0.5, 0.6) is 5.75 Å². The largest absolute Gasteiger partial charge is 0.497 e. The number of ether oxygens (including phenoxy) is 1. The Kier molecular flexibility index (Phi) is 4.82. The predicted octanol–water partition coefficient (Wildman–Crippen LogP) is 2.54. The summed E-state index contributed by atoms with van der Waals surface area (Å²) in [6.07, 6.45) is 2.83. The highest BCUT2D eigenvalue weighted by molar-refractivity contribution is 5.91. The van der Waals surface area contributed by atoms with Crippen LogP contribution >= 0.6 is 0 Å². The number of carbonyl (C=O) groups is 1. The zero-order valence-electron chi connectivity index (χ0n) is 16.0. The van der Waals surface area contributed by atoms with Gasteiger partial charge in [-0.3, -0.25) is 14.2 Å². The molecule has 1 amide bonds. The van der Waals surface area contributed by atoms with E-state index < -0.39 is 0 Å². The molecule has 0 spiro atoms. The van der Waals surface area contributed by atoms with Gasteiger partial charge < -0.3 is 10.1 Å². The van der Waals surface area contributed by atoms with Gasteiger partial charge in [-0.25, -0.2) is 9.67 Å². The third-order valence-electron chi connectivity index (χ3n) is 4.60. The summed E-state index contributed by atoms with van der Waals surface area (Å²) in [5, 5.41) is 7.44. The van der Waals surface area contributed by atoms with E-state index in [1.807, 2.05) is 43.3 Å². The number of methoxy groups -OCH3 is 1. The molecule has 0 fully saturated rings. The molecule has 2 aromatic heterocycles. The normalized spacial score (nSPS) is 10.8. The highest BCUT2D eigenvalue weighted by Gasteiger charge is 2.13. The van der Waals surface area contributed by atoms with Crippen molar-refractivity contribution in [1.82, 2.24) is 19.3 Å². The summed E-state index contributed by atoms with van der Waals surface area (Å²) in [6, 6.07) is 14.7. The summed E-state index contributed by atoms with van der Waals surface area (Å²) < 4.78 is 8.01. The number of rotatable bonds is 5. The molecule has 0 aliphatic heterocycles. The van der Waals surface area contributed by atoms with E-state index >= 15 is 0 Å². The number of hydrogen-bond acceptors (Lipinski definition) is 5. The van der Waals surface area contributed by atoms with E-state index in [0.717, 1.165) is 17.0 Å². The van der Waals surface area contributed by atoms with E-state index in [1.54, 1.807) is 23.9 Å². The molecule has 0 saturated carbocycles. The van der Waals surface area contributed by atoms with E-state index in [2.05, 4.69) is 15.4 Å². The van der Waals surface area contributed by atoms with Crippen molar-refractivity contribution in [2.75, 3.05) is 12.4 Å². The lowest BCUT2D eigenvalue weighted by atomic mass is 10.2. The highest BCUT2D eigenvalue weighted by atomic mass is 16.5. The van der Waals surface area contributed by atoms with Gasteiger partial charge in [-0.2, -0.15) is 5.10 Å². The van der Waals surface area contributed by atoms with Gasteiger partial charge in [0.05, 0.1) is 19.0 Å². The Bertz CT molecular complexity index is 1240. The quantitative estimate of drug-likeness (QED) is 0.566. The molecule has 0 bridgehead atoms. The number of aryl methyl sites for hydroxylation is 1. The van der Waals surface area contributed by atoms with Crippen LogP contribution in [-0.2, 0) is 11.3 Å². The predicted molar refractivity (Wildman–Crippen MR) is 109 cm³/mol. The minimum atomic E-state index is -0.324. The Hall–Kier alpha value is -3.94. The molecule has 0 aliphatic carbocycles. The smallest absolute Gasteiger partial charge is 0.264 e. The van der Waals surface area contributed by atoms with Crippen LogP contribution in [0.3, 0.4) is 0 Å². The summed E-state index contributed by atoms with van der Waals surface area (Å²) in [5.74, 6) is 0.422. The highest BCUT2D eigenvalue weighted by Crippen LogP contribution is 2.17. The molecule has 0 unspecified atom stereocenters. The molecule has 1 N–H and O–H groups in total. The molecular weight excluding hydrogens is 370 g/mol. The SMILES string of the molecule is COc1ccc(-n2ncc3c(=O)n(CC(=O)Nc4ccccc4C)cnc32)cc1. The molecule has 146 valence electrons. The van der Waals surface area contributed by atoms with Crippen LogP contribution in [0.25, 0.3) is 16.7 Å². The van der Waals surface area contributed by atoms with E-state index in [0.29, 0.717) is 16.7 Å². The number of anilines is 1. The molecule has 0 atom stereocenters. The van der Waals surface area contributed by atoms with Gasteiger partial charge in [0, 0.05) is 5.69 Å². The summed E-state index contributed by atoms with van der Waals surface area (Å²) >= 11 is 0. The van der Waals surface area contributed by atoms with Crippen LogP contribution in [-0.4, -0.2) is 32.3 Å². The number of nitrogens with zero attached hydrogens (tertiary/aromatic N) is 4. The molecule has 29 heavy (non-hydrogen) atoms. The lowest BCUT2D eigenvalue weighted by Crippen LogP contribution is -2.28. The molecule has 0 saturated heterocycles. The maximum absolute atomic E-state index is 12.8. The molecule has 8 heteroatoms. The van der Waals surface area contributed by atoms with Gasteiger partial charge in [-0.15, -0.1) is 0 Å². The fraction of sp³-hybridized carbons (Fsp3) is 0.143. The second-order valence-corrected chi connectivity index (χ2v) is 6.53. The minimum absolute atomic E-state index is 0.135. The van der Waals surface area contributed by atoms with Crippen LogP contribution in [0, 0.1) is 6.92 Å². The van der Waals surface area contributed by atoms with Gasteiger partial charge >= 0.3 is 0 Å². The second kappa shape index (κ2) is 7.59. The van der Waals surface area contributed by atoms with Crippen molar-refractivity contribution in [2.45, 2.75) is 13.5 Å². The molecule has 4 aromatic rings. The van der Waals surface area contributed by atoms with E-state index in [9.17, 15) is 9.59 Å². The molecule has 0 aliphatic rings. The van der Waals surface area contributed by atoms with Crippen molar-refractivity contribution < 1.29 is 9.53 Å². The van der Waals surface area contributed by atoms with Crippen LogP contribution < -0.4 is 15.6 Å². The lowest BCUT2D eigenvalue weighted by molar-refractivity contribution is -0.116. The number of aromatic nitrogens is 4. The molecule has 4 rings (SSSR count). The van der Waals surface area contributed by atoms with Crippen LogP contribution in [0.15, 0.2) is 65.8 Å². The first-order valence-electron chi connectivity index (χ1n) is 9.00. The standard InChI is InChI=1S/C21H19N5O3/c1-14-5-3-4-6-18(14)24-19(27)12-25-13-22-20-17(21(25)28)11-23-26(20)15-7-9-16(29-2)10-8-15/h3-11,13H,12H2,1-2H3,(H,24,27). The molecule has 8 nitrogen and oxygen atoms in total. The van der Waals surface area contributed by atoms with Crippen molar-refractivity contribution in [3.8, 4) is 11.4 Å². The minimum Gasteiger partial charge on any atom is -0.497 e. The lowest BCUT2D eigenvalue weighted by Gasteiger charge is -2.09. The average molecular weight is 389 g/mol. The number of fused-ring (bicyclic) bond motifs is 1. The number of nitrogens with one attached hydrogen (secondary N) is 1. The second-order valence-electron chi connectivity index (χ2n) is 6.53. The van der Waals surface area contributed by atoms with Crippen LogP contribution in [0.1, 0.15) is 5.56 Å². The van der Waals surface area contributed by atoms with Crippen LogP contribution in [0.4, 0.5) is 5.69 Å². The third-order valence-corrected chi connectivity index (χ3v) is 4.60. The summed E-state index contributed by atoms with van der Waals surface area (Å²) in [6.45, 7) is 1.77. The van der Waals surface area contributed by atoms with Gasteiger partial charge in [0.2, 0.25) is 5.91 Å². The summed E-state index contributed by atoms with van der Waals surface area (Å²) in [4.78, 5) is 29.5. The van der Waals surface area contributed by atoms with Crippen molar-refractivity contribution >= 4 is 22.6 Å². The number of para-hydroxylation sites is 1. The molecule has 0 radical (unpaired) electrons. The third kappa shape index (κ3) is 3.60. The van der Waals surface area contributed by atoms with Crippen LogP contribution in [0.2, 0.25) is 0 Å². The van der Waals surface area contributed by atoms with Gasteiger partial charge in [0.15, 0.2) is 5.65 Å². The number of amides is 1. The Morgan fingerprint density at radius 1 is 1.14 bits per heavy atom. The summed E-state index contributed by atoms with van der Waals surface area (Å²) in [7, 11) is 1.59. The average Bonchev–Trinajstić information content (AvgIpc) is 3.17. The number of benzene rings is 2. The fourth-order valence-corrected chi connectivity index (χ4v) is 3.03. The Balaban J connectivity index is 1.60. The van der Waals surface area contributed by atoms with E-state index in [4.69, 9.17) is 4.74 Å². The fourth-order valence-electron chi connectivity index (χ4n) is 3.03. The molecule has 2 heterocycles. The van der Waals surface area contributed by atoms with E-state index in [-0.39, 0.29) is 18.0 Å². The maximum Gasteiger partial charge on any atom is 0.264 e. The monoisotopic (exact) mass is 389 g/mol. The van der Waals surface area contributed by atoms with Crippen molar-refractivity contribution in [3.05, 3.63) is 77.0 Å². The Morgan fingerprint density at radius 3 is 2.62 bits per heavy atom. The topological polar surface area (TPSA) is 91.0 Å². The zero-order valence-corrected chi connectivity index (χ0v) is 16.0. The number of hydrogen-bond donors (Lipinski definition) is 1. The maximum atomic E-state index is 12.8. The first-order valence-corrected chi connectivity index (χ1v) is 9.00. The summed E-state index contributed by atoms with van der Waals surface area (Å²) in [5.41, 5.74) is 2.52. The first-order chi connectivity index (χ1) is 14.1. The number of carbonyl (C=O) groups excluding carboxylic acids is 1. The first kappa shape index (κ1) is 18.4.